The zero-order valence-corrected chi connectivity index (χ0v) is 44.1. The quantitative estimate of drug-likeness (QED) is 0.0424. The number of nitrogens with two attached hydrogens (primary N) is 2. The lowest BCUT2D eigenvalue weighted by Gasteiger charge is -2.20. The fraction of sp³-hybridized carbons (Fsp3) is 0.161. The fourth-order valence-corrected chi connectivity index (χ4v) is 10.4. The zero-order valence-electron chi connectivity index (χ0n) is 42.6. The van der Waals surface area contributed by atoms with Gasteiger partial charge in [-0.2, -0.15) is 0 Å². The molecule has 2 aromatic heterocycles. The summed E-state index contributed by atoms with van der Waals surface area (Å²) in [6, 6.07) is 30.7. The van der Waals surface area contributed by atoms with E-state index in [9.17, 15) is 44.7 Å². The molecule has 0 radical (unpaired) electrons. The van der Waals surface area contributed by atoms with Crippen molar-refractivity contribution in [1.29, 1.82) is 0 Å². The summed E-state index contributed by atoms with van der Waals surface area (Å²) in [6.07, 6.45) is 9.24. The van der Waals surface area contributed by atoms with Crippen molar-refractivity contribution in [1.82, 2.24) is 9.97 Å². The summed E-state index contributed by atoms with van der Waals surface area (Å²) in [5.74, 6) is -5.62. The van der Waals surface area contributed by atoms with Crippen LogP contribution in [0.15, 0.2) is 162 Å². The van der Waals surface area contributed by atoms with Crippen LogP contribution >= 0.6 is 15.9 Å². The number of carbonyl (C=O) groups is 2. The first-order valence-electron chi connectivity index (χ1n) is 25.2. The monoisotopic (exact) mass is 1160 g/mol. The van der Waals surface area contributed by atoms with Crippen molar-refractivity contribution in [2.45, 2.75) is 63.2 Å². The first-order valence-corrected chi connectivity index (χ1v) is 26.0. The maximum atomic E-state index is 14.0. The molecule has 6 aromatic carbocycles. The highest BCUT2D eigenvalue weighted by Gasteiger charge is 2.27. The van der Waals surface area contributed by atoms with Gasteiger partial charge in [0.05, 0.1) is 22.8 Å². The maximum absolute atomic E-state index is 14.0. The van der Waals surface area contributed by atoms with Crippen LogP contribution in [-0.4, -0.2) is 38.7 Å². The van der Waals surface area contributed by atoms with Crippen molar-refractivity contribution in [3.8, 4) is 11.1 Å². The van der Waals surface area contributed by atoms with E-state index in [4.69, 9.17) is 21.5 Å². The van der Waals surface area contributed by atoms with E-state index in [1.807, 2.05) is 18.2 Å². The Balaban J connectivity index is 0.000000179. The van der Waals surface area contributed by atoms with Crippen molar-refractivity contribution in [2.75, 3.05) is 11.5 Å². The molecule has 2 heterocycles. The molecule has 80 heavy (non-hydrogen) atoms. The van der Waals surface area contributed by atoms with E-state index in [1.165, 1.54) is 72.8 Å². The smallest absolute Gasteiger partial charge is 0.423 e. The molecule has 8 nitrogen and oxygen atoms in total. The Hall–Kier alpha value is -8.06. The third-order valence-electron chi connectivity index (χ3n) is 13.5. The molecule has 0 saturated carbocycles. The molecule has 0 saturated heterocycles. The van der Waals surface area contributed by atoms with E-state index < -0.39 is 47.9 Å². The minimum Gasteiger partial charge on any atom is -0.423 e. The van der Waals surface area contributed by atoms with Gasteiger partial charge in [-0.25, -0.2) is 35.1 Å². The molecule has 408 valence electrons. The lowest BCUT2D eigenvalue weighted by Crippen LogP contribution is -2.30. The van der Waals surface area contributed by atoms with Gasteiger partial charge in [0.1, 0.15) is 58.1 Å². The molecule has 0 aliphatic heterocycles. The molecule has 18 heteroatoms. The van der Waals surface area contributed by atoms with Crippen LogP contribution in [0.3, 0.4) is 0 Å². The van der Waals surface area contributed by atoms with Crippen molar-refractivity contribution < 1.29 is 54.8 Å². The number of hydrogen-bond acceptors (Lipinski definition) is 8. The molecule has 0 bridgehead atoms. The standard InChI is InChI=1S/C31H24F4N2O.C25H19BrF3NO.C6H7BFNO2/c32-23-7-5-19-3-4-20(28(19)17-23)13-26(38)14-22(10-18-11-24(33)16-25(34)12-18)31-27(2-1-9-37-31)21-6-8-29(35)30(36)15-21;26-24-2-1-7-30-25(24)18(8-15-9-20(28)13-21(29)10-15)12-22(31)11-17-4-3-16-5-6-19(27)14-23(16)17;8-5-2-1-4(7(10)11)3-6(5)9/h1-2,4-9,11-12,15-17,22H,3,10,13-14,36H2;1-2,4-7,9-10,13-14,18H,3,8,11-12H2;1-3,10-11H,9H2/t22-;18-;/m11./s1. The maximum Gasteiger partial charge on any atom is 0.488 e. The van der Waals surface area contributed by atoms with Gasteiger partial charge < -0.3 is 21.5 Å². The number of pyridine rings is 2. The Morgan fingerprint density at radius 1 is 0.525 bits per heavy atom. The Labute approximate surface area is 464 Å². The third-order valence-corrected chi connectivity index (χ3v) is 14.2. The van der Waals surface area contributed by atoms with Crippen LogP contribution in [0.2, 0.25) is 0 Å². The number of halogens is 9. The van der Waals surface area contributed by atoms with Crippen LogP contribution in [0.25, 0.3) is 22.3 Å². The SMILES string of the molecule is Nc1cc(-c2cccnc2[C@@H](CC(=O)CC2=CCc3ccc(F)cc32)Cc2cc(F)cc(F)c2)ccc1F.Nc1cc(B(O)O)ccc1F.O=C(CC1=CCc2ccc(F)cc21)C[C@@H](Cc1cc(F)cc(F)c1)c1ncccc1Br. The number of anilines is 2. The number of nitrogen functional groups attached to an aromatic ring is 2. The molecule has 0 fully saturated rings. The van der Waals surface area contributed by atoms with Gasteiger partial charge in [0, 0.05) is 72.1 Å². The molecular formula is C62H50BBrF8N4O4. The lowest BCUT2D eigenvalue weighted by molar-refractivity contribution is -0.119. The van der Waals surface area contributed by atoms with Gasteiger partial charge in [0.15, 0.2) is 0 Å². The van der Waals surface area contributed by atoms with E-state index in [1.54, 1.807) is 48.8 Å². The van der Waals surface area contributed by atoms with Crippen LogP contribution in [0.5, 0.6) is 0 Å². The minimum atomic E-state index is -1.60. The average molecular weight is 1160 g/mol. The Morgan fingerprint density at radius 3 is 1.46 bits per heavy atom. The molecule has 2 aliphatic carbocycles. The minimum absolute atomic E-state index is 0.0286. The number of nitrogens with zero attached hydrogens (tertiary/aromatic N) is 2. The first-order chi connectivity index (χ1) is 38.3. The summed E-state index contributed by atoms with van der Waals surface area (Å²) in [4.78, 5) is 35.3. The Bertz CT molecular complexity index is 3630. The predicted octanol–water partition coefficient (Wildman–Crippen LogP) is 12.9. The van der Waals surface area contributed by atoms with Gasteiger partial charge in [-0.05, 0) is 188 Å². The Morgan fingerprint density at radius 2 is 0.988 bits per heavy atom. The van der Waals surface area contributed by atoms with Gasteiger partial charge in [0.25, 0.3) is 0 Å². The second-order valence-corrected chi connectivity index (χ2v) is 20.2. The lowest BCUT2D eigenvalue weighted by atomic mass is 9.80. The Kier molecular flexibility index (Phi) is 19.1. The summed E-state index contributed by atoms with van der Waals surface area (Å²) in [6.45, 7) is 0. The number of rotatable bonds is 16. The van der Waals surface area contributed by atoms with Gasteiger partial charge in [-0.3, -0.25) is 19.6 Å². The average Bonchev–Trinajstić information content (AvgIpc) is 3.99. The van der Waals surface area contributed by atoms with Crippen LogP contribution in [0, 0.1) is 46.5 Å². The first kappa shape index (κ1) is 58.1. The molecular weight excluding hydrogens is 1110 g/mol. The molecule has 10 rings (SSSR count). The van der Waals surface area contributed by atoms with Crippen LogP contribution in [-0.2, 0) is 35.3 Å². The van der Waals surface area contributed by atoms with Gasteiger partial charge in [-0.15, -0.1) is 0 Å². The number of fused-ring (bicyclic) bond motifs is 2. The number of Topliss-reactive ketones (excluding diaryl/α,β-unsaturated/α-hetero) is 2. The summed E-state index contributed by atoms with van der Waals surface area (Å²) in [5, 5.41) is 17.2. The molecule has 6 N–H and O–H groups in total. The van der Waals surface area contributed by atoms with Crippen LogP contribution in [0.4, 0.5) is 46.5 Å². The number of aromatic nitrogens is 2. The molecule has 8 aromatic rings. The molecule has 2 aliphatic rings. The summed E-state index contributed by atoms with van der Waals surface area (Å²) in [5.41, 5.74) is 19.3. The summed E-state index contributed by atoms with van der Waals surface area (Å²) < 4.78 is 110. The molecule has 2 atom stereocenters. The van der Waals surface area contributed by atoms with Crippen LogP contribution in [0.1, 0.15) is 82.3 Å². The highest BCUT2D eigenvalue weighted by molar-refractivity contribution is 9.10. The largest absolute Gasteiger partial charge is 0.488 e. The van der Waals surface area contributed by atoms with E-state index in [0.29, 0.717) is 46.5 Å². The number of allylic oxidation sites excluding steroid dienone is 4. The second kappa shape index (κ2) is 26.3. The van der Waals surface area contributed by atoms with Gasteiger partial charge >= 0.3 is 7.12 Å². The topological polar surface area (TPSA) is 152 Å². The highest BCUT2D eigenvalue weighted by atomic mass is 79.9. The van der Waals surface area contributed by atoms with Crippen molar-refractivity contribution in [3.63, 3.8) is 0 Å². The zero-order chi connectivity index (χ0) is 57.2. The number of hydrogen-bond donors (Lipinski definition) is 4. The summed E-state index contributed by atoms with van der Waals surface area (Å²) >= 11 is 3.47. The van der Waals surface area contributed by atoms with E-state index >= 15 is 0 Å². The normalized spacial score (nSPS) is 12.9. The van der Waals surface area contributed by atoms with E-state index in [2.05, 4.69) is 25.9 Å². The van der Waals surface area contributed by atoms with Crippen molar-refractivity contribution in [2.24, 2.45) is 0 Å². The second-order valence-electron chi connectivity index (χ2n) is 19.4. The highest BCUT2D eigenvalue weighted by Crippen LogP contribution is 2.38. The van der Waals surface area contributed by atoms with E-state index in [0.717, 1.165) is 56.1 Å². The van der Waals surface area contributed by atoms with Crippen molar-refractivity contribution in [3.05, 3.63) is 254 Å². The van der Waals surface area contributed by atoms with Crippen molar-refractivity contribution >= 4 is 62.6 Å². The van der Waals surface area contributed by atoms with Gasteiger partial charge in [-0.1, -0.05) is 42.5 Å². The number of benzene rings is 6. The van der Waals surface area contributed by atoms with E-state index in [-0.39, 0.29) is 84.5 Å². The molecule has 0 amide bonds. The third kappa shape index (κ3) is 15.2. The summed E-state index contributed by atoms with van der Waals surface area (Å²) in [7, 11) is -1.60. The number of carbonyl (C=O) groups excluding carboxylic acids is 2. The molecule has 0 spiro atoms. The van der Waals surface area contributed by atoms with Gasteiger partial charge in [0.2, 0.25) is 0 Å². The van der Waals surface area contributed by atoms with Crippen LogP contribution < -0.4 is 16.9 Å². The molecule has 0 unspecified atom stereocenters. The number of ketones is 2. The fourth-order valence-electron chi connectivity index (χ4n) is 9.87. The predicted molar refractivity (Wildman–Crippen MR) is 297 cm³/mol.